The summed E-state index contributed by atoms with van der Waals surface area (Å²) >= 11 is 0. The number of rotatable bonds is 1. The van der Waals surface area contributed by atoms with Crippen LogP contribution in [0.3, 0.4) is 0 Å². The Kier molecular flexibility index (Phi) is 2.68. The van der Waals surface area contributed by atoms with E-state index in [9.17, 15) is 5.11 Å². The number of hydrogen-bond donors (Lipinski definition) is 2. The molecule has 114 valence electrons. The van der Waals surface area contributed by atoms with E-state index < -0.39 is 0 Å². The maximum atomic E-state index is 10.3. The van der Waals surface area contributed by atoms with Crippen molar-refractivity contribution in [2.24, 2.45) is 0 Å². The lowest BCUT2D eigenvalue weighted by atomic mass is 9.99. The van der Waals surface area contributed by atoms with Crippen LogP contribution >= 0.6 is 0 Å². The van der Waals surface area contributed by atoms with Crippen LogP contribution in [0.1, 0.15) is 0 Å². The van der Waals surface area contributed by atoms with E-state index in [2.05, 4.69) is 53.5 Å². The highest BCUT2D eigenvalue weighted by atomic mass is 16.3. The monoisotopic (exact) mass is 309 g/mol. The van der Waals surface area contributed by atoms with E-state index in [0.29, 0.717) is 0 Å². The summed E-state index contributed by atoms with van der Waals surface area (Å²) in [5.41, 5.74) is 4.26. The zero-order valence-electron chi connectivity index (χ0n) is 13.0. The van der Waals surface area contributed by atoms with Crippen molar-refractivity contribution in [3.8, 4) is 16.9 Å². The van der Waals surface area contributed by atoms with Crippen LogP contribution in [0.2, 0.25) is 0 Å². The quantitative estimate of drug-likeness (QED) is 0.400. The second-order valence-electron chi connectivity index (χ2n) is 6.12. The van der Waals surface area contributed by atoms with E-state index in [-0.39, 0.29) is 5.75 Å². The van der Waals surface area contributed by atoms with Crippen molar-refractivity contribution in [1.82, 2.24) is 4.98 Å². The van der Waals surface area contributed by atoms with Gasteiger partial charge in [0, 0.05) is 21.9 Å². The molecule has 0 aliphatic heterocycles. The molecule has 2 N–H and O–H groups in total. The Morgan fingerprint density at radius 2 is 1.50 bits per heavy atom. The Morgan fingerprint density at radius 3 is 2.38 bits per heavy atom. The highest BCUT2D eigenvalue weighted by molar-refractivity contribution is 6.22. The fourth-order valence-electron chi connectivity index (χ4n) is 3.60. The number of benzene rings is 4. The predicted molar refractivity (Wildman–Crippen MR) is 100 cm³/mol. The van der Waals surface area contributed by atoms with Crippen LogP contribution in [-0.4, -0.2) is 10.1 Å². The predicted octanol–water partition coefficient (Wildman–Crippen LogP) is 5.85. The molecule has 1 heterocycles. The number of phenols is 1. The van der Waals surface area contributed by atoms with Crippen molar-refractivity contribution >= 4 is 32.6 Å². The first kappa shape index (κ1) is 13.2. The molecule has 0 radical (unpaired) electrons. The van der Waals surface area contributed by atoms with Crippen molar-refractivity contribution in [2.75, 3.05) is 0 Å². The third-order valence-corrected chi connectivity index (χ3v) is 4.67. The Labute approximate surface area is 139 Å². The van der Waals surface area contributed by atoms with Gasteiger partial charge in [-0.15, -0.1) is 0 Å². The van der Waals surface area contributed by atoms with Crippen LogP contribution in [0.5, 0.6) is 5.75 Å². The molecular formula is C22H15NO. The topological polar surface area (TPSA) is 36.0 Å². The molecule has 2 nitrogen and oxygen atoms in total. The number of nitrogens with one attached hydrogen (secondary N) is 1. The number of phenolic OH excluding ortho intramolecular Hbond substituents is 1. The molecule has 0 unspecified atom stereocenters. The van der Waals surface area contributed by atoms with Gasteiger partial charge < -0.3 is 10.1 Å². The molecular weight excluding hydrogens is 294 g/mol. The Bertz CT molecular complexity index is 1200. The molecule has 0 spiro atoms. The zero-order chi connectivity index (χ0) is 16.1. The third kappa shape index (κ3) is 1.83. The molecule has 2 heteroatoms. The van der Waals surface area contributed by atoms with E-state index in [4.69, 9.17) is 0 Å². The fraction of sp³-hybridized carbons (Fsp3) is 0. The van der Waals surface area contributed by atoms with E-state index >= 15 is 0 Å². The van der Waals surface area contributed by atoms with Gasteiger partial charge in [-0.05, 0) is 34.5 Å². The molecule has 0 saturated heterocycles. The van der Waals surface area contributed by atoms with Gasteiger partial charge >= 0.3 is 0 Å². The van der Waals surface area contributed by atoms with Gasteiger partial charge in [-0.2, -0.15) is 0 Å². The van der Waals surface area contributed by atoms with E-state index in [1.165, 1.54) is 10.8 Å². The van der Waals surface area contributed by atoms with Crippen LogP contribution in [0, 0.1) is 0 Å². The minimum absolute atomic E-state index is 0.287. The van der Waals surface area contributed by atoms with Gasteiger partial charge in [0.1, 0.15) is 5.75 Å². The average molecular weight is 309 g/mol. The first-order valence-electron chi connectivity index (χ1n) is 8.03. The van der Waals surface area contributed by atoms with Gasteiger partial charge in [0.15, 0.2) is 0 Å². The van der Waals surface area contributed by atoms with Gasteiger partial charge in [0.05, 0.1) is 5.52 Å². The molecule has 0 amide bonds. The van der Waals surface area contributed by atoms with E-state index in [1.54, 1.807) is 0 Å². The molecule has 0 aliphatic rings. The van der Waals surface area contributed by atoms with Crippen LogP contribution < -0.4 is 0 Å². The standard InChI is InChI=1S/C22H15NO/c24-16-12-18(14-6-2-1-3-7-14)22-19(13-16)21-17-9-5-4-8-15(17)10-11-20(21)23-22/h1-13,23-24H. The summed E-state index contributed by atoms with van der Waals surface area (Å²) in [6.07, 6.45) is 0. The lowest BCUT2D eigenvalue weighted by Gasteiger charge is -2.05. The Balaban J connectivity index is 1.99. The second kappa shape index (κ2) is 4.87. The number of hydrogen-bond acceptors (Lipinski definition) is 1. The lowest BCUT2D eigenvalue weighted by molar-refractivity contribution is 0.476. The van der Waals surface area contributed by atoms with Crippen LogP contribution in [0.4, 0.5) is 0 Å². The summed E-state index contributed by atoms with van der Waals surface area (Å²) in [5.74, 6) is 0.287. The minimum Gasteiger partial charge on any atom is -0.508 e. The first-order chi connectivity index (χ1) is 11.8. The van der Waals surface area contributed by atoms with Crippen molar-refractivity contribution in [3.05, 3.63) is 78.9 Å². The number of H-pyrrole nitrogens is 1. The third-order valence-electron chi connectivity index (χ3n) is 4.67. The van der Waals surface area contributed by atoms with Crippen molar-refractivity contribution in [1.29, 1.82) is 0 Å². The molecule has 1 aromatic heterocycles. The highest BCUT2D eigenvalue weighted by Gasteiger charge is 2.13. The van der Waals surface area contributed by atoms with Crippen LogP contribution in [0.25, 0.3) is 43.7 Å². The van der Waals surface area contributed by atoms with Crippen molar-refractivity contribution < 1.29 is 5.11 Å². The number of aromatic hydroxyl groups is 1. The summed E-state index contributed by atoms with van der Waals surface area (Å²) < 4.78 is 0. The van der Waals surface area contributed by atoms with Crippen LogP contribution in [0.15, 0.2) is 78.9 Å². The molecule has 5 rings (SSSR count). The summed E-state index contributed by atoms with van der Waals surface area (Å²) in [4.78, 5) is 3.55. The zero-order valence-corrected chi connectivity index (χ0v) is 13.0. The smallest absolute Gasteiger partial charge is 0.116 e. The molecule has 0 aliphatic carbocycles. The largest absolute Gasteiger partial charge is 0.508 e. The van der Waals surface area contributed by atoms with Gasteiger partial charge in [0.25, 0.3) is 0 Å². The number of aromatic amines is 1. The highest BCUT2D eigenvalue weighted by Crippen LogP contribution is 2.39. The summed E-state index contributed by atoms with van der Waals surface area (Å²) in [6.45, 7) is 0. The molecule has 5 aromatic rings. The molecule has 0 fully saturated rings. The summed E-state index contributed by atoms with van der Waals surface area (Å²) in [6, 6.07) is 26.5. The maximum absolute atomic E-state index is 10.3. The molecule has 4 aromatic carbocycles. The summed E-state index contributed by atoms with van der Waals surface area (Å²) in [5, 5.41) is 14.9. The van der Waals surface area contributed by atoms with Gasteiger partial charge in [-0.3, -0.25) is 0 Å². The van der Waals surface area contributed by atoms with Crippen molar-refractivity contribution in [2.45, 2.75) is 0 Å². The van der Waals surface area contributed by atoms with E-state index in [0.717, 1.165) is 32.9 Å². The van der Waals surface area contributed by atoms with E-state index in [1.807, 2.05) is 30.3 Å². The number of fused-ring (bicyclic) bond motifs is 5. The SMILES string of the molecule is Oc1cc(-c2ccccc2)c2[nH]c3ccc4ccccc4c3c2c1. The average Bonchev–Trinajstić information content (AvgIpc) is 3.00. The lowest BCUT2D eigenvalue weighted by Crippen LogP contribution is -1.80. The van der Waals surface area contributed by atoms with Gasteiger partial charge in [-0.25, -0.2) is 0 Å². The van der Waals surface area contributed by atoms with Gasteiger partial charge in [0.2, 0.25) is 0 Å². The molecule has 0 bridgehead atoms. The molecule has 0 atom stereocenters. The second-order valence-corrected chi connectivity index (χ2v) is 6.12. The van der Waals surface area contributed by atoms with Crippen LogP contribution in [-0.2, 0) is 0 Å². The minimum atomic E-state index is 0.287. The normalized spacial score (nSPS) is 11.5. The fourth-order valence-corrected chi connectivity index (χ4v) is 3.60. The number of aromatic nitrogens is 1. The van der Waals surface area contributed by atoms with Crippen molar-refractivity contribution in [3.63, 3.8) is 0 Å². The Morgan fingerprint density at radius 1 is 0.708 bits per heavy atom. The Hall–Kier alpha value is -3.26. The first-order valence-corrected chi connectivity index (χ1v) is 8.03. The summed E-state index contributed by atoms with van der Waals surface area (Å²) in [7, 11) is 0. The maximum Gasteiger partial charge on any atom is 0.116 e. The van der Waals surface area contributed by atoms with Gasteiger partial charge in [-0.1, -0.05) is 60.7 Å². The molecule has 0 saturated carbocycles. The molecule has 24 heavy (non-hydrogen) atoms.